The summed E-state index contributed by atoms with van der Waals surface area (Å²) >= 11 is 0. The molecule has 2 amide bonds. The number of carbonyl (C=O) groups excluding carboxylic acids is 2. The number of carbonyl (C=O) groups is 2. The first kappa shape index (κ1) is 21.1. The number of nitrogens with two attached hydrogens (primary N) is 1. The van der Waals surface area contributed by atoms with Crippen molar-refractivity contribution < 1.29 is 14.3 Å². The van der Waals surface area contributed by atoms with Gasteiger partial charge in [0, 0.05) is 25.9 Å². The Balaban J connectivity index is 1.65. The summed E-state index contributed by atoms with van der Waals surface area (Å²) in [7, 11) is 3.44. The van der Waals surface area contributed by atoms with E-state index in [0.717, 1.165) is 5.56 Å². The number of nitrogens with one attached hydrogen (secondary N) is 1. The number of nitrogens with zero attached hydrogens (tertiary/aromatic N) is 4. The minimum absolute atomic E-state index is 0.113. The Hall–Kier alpha value is -4.14. The number of methoxy groups -OCH3 is 1. The molecular weight excluding hydrogens is 408 g/mol. The fraction of sp³-hybridized carbons (Fsp3) is 0.217. The minimum Gasteiger partial charge on any atom is -0.497 e. The summed E-state index contributed by atoms with van der Waals surface area (Å²) in [6.07, 6.45) is 3.59. The Morgan fingerprint density at radius 2 is 1.97 bits per heavy atom. The van der Waals surface area contributed by atoms with E-state index in [1.165, 1.54) is 5.01 Å². The third-order valence-corrected chi connectivity index (χ3v) is 5.34. The van der Waals surface area contributed by atoms with E-state index in [2.05, 4.69) is 15.4 Å². The molecule has 2 heterocycles. The van der Waals surface area contributed by atoms with Gasteiger partial charge in [-0.25, -0.2) is 4.98 Å². The van der Waals surface area contributed by atoms with E-state index in [4.69, 9.17) is 10.5 Å². The Morgan fingerprint density at radius 1 is 1.19 bits per heavy atom. The highest BCUT2D eigenvalue weighted by Crippen LogP contribution is 2.27. The fourth-order valence-corrected chi connectivity index (χ4v) is 3.68. The van der Waals surface area contributed by atoms with Gasteiger partial charge in [0.25, 0.3) is 5.91 Å². The molecular formula is C23H24N6O3. The standard InChI is InChI=1S/C23H24N6O3/c1-28-12-11-25-22(28)20(15-7-6-10-17(13-15)32-2)26-23(31)18-14-19(21(24)30)29(27-18)16-8-4-3-5-9-16/h3-13,19-20H,14H2,1-2H3,(H2,24,30)(H,26,31)/t19-,20+/m0/s1. The summed E-state index contributed by atoms with van der Waals surface area (Å²) in [6.45, 7) is 0. The van der Waals surface area contributed by atoms with Crippen molar-refractivity contribution >= 4 is 23.2 Å². The van der Waals surface area contributed by atoms with E-state index in [0.29, 0.717) is 17.3 Å². The van der Waals surface area contributed by atoms with E-state index >= 15 is 0 Å². The highest BCUT2D eigenvalue weighted by atomic mass is 16.5. The summed E-state index contributed by atoms with van der Waals surface area (Å²) in [4.78, 5) is 29.7. The molecule has 9 nitrogen and oxygen atoms in total. The molecule has 1 aliphatic rings. The maximum atomic E-state index is 13.2. The van der Waals surface area contributed by atoms with E-state index in [1.807, 2.05) is 72.4 Å². The van der Waals surface area contributed by atoms with Crippen LogP contribution in [0.25, 0.3) is 0 Å². The molecule has 3 aromatic rings. The number of aryl methyl sites for hydroxylation is 1. The third kappa shape index (κ3) is 4.18. The summed E-state index contributed by atoms with van der Waals surface area (Å²) in [5.74, 6) is 0.370. The van der Waals surface area contributed by atoms with Crippen LogP contribution in [0.15, 0.2) is 72.1 Å². The number of hydrogen-bond acceptors (Lipinski definition) is 6. The number of hydrazone groups is 1. The van der Waals surface area contributed by atoms with Crippen LogP contribution in [0.2, 0.25) is 0 Å². The number of para-hydroxylation sites is 1. The predicted octanol–water partition coefficient (Wildman–Crippen LogP) is 1.75. The van der Waals surface area contributed by atoms with Gasteiger partial charge in [0.15, 0.2) is 0 Å². The SMILES string of the molecule is COc1cccc([C@@H](NC(=O)C2=NN(c3ccccc3)[C@H](C(N)=O)C2)c2nccn2C)c1. The zero-order chi connectivity index (χ0) is 22.7. The normalized spacial score (nSPS) is 16.4. The van der Waals surface area contributed by atoms with Crippen LogP contribution in [0.3, 0.4) is 0 Å². The van der Waals surface area contributed by atoms with Crippen LogP contribution < -0.4 is 20.8 Å². The molecule has 0 radical (unpaired) electrons. The highest BCUT2D eigenvalue weighted by Gasteiger charge is 2.36. The summed E-state index contributed by atoms with van der Waals surface area (Å²) in [5.41, 5.74) is 7.31. The van der Waals surface area contributed by atoms with Crippen molar-refractivity contribution in [3.05, 3.63) is 78.4 Å². The van der Waals surface area contributed by atoms with Crippen molar-refractivity contribution in [2.75, 3.05) is 12.1 Å². The van der Waals surface area contributed by atoms with Gasteiger partial charge in [-0.05, 0) is 29.8 Å². The van der Waals surface area contributed by atoms with Gasteiger partial charge in [0.2, 0.25) is 5.91 Å². The summed E-state index contributed by atoms with van der Waals surface area (Å²) in [5, 5.41) is 8.94. The Labute approximate surface area is 185 Å². The predicted molar refractivity (Wildman–Crippen MR) is 120 cm³/mol. The van der Waals surface area contributed by atoms with E-state index in [-0.39, 0.29) is 12.1 Å². The van der Waals surface area contributed by atoms with Gasteiger partial charge < -0.3 is 20.4 Å². The van der Waals surface area contributed by atoms with Crippen molar-refractivity contribution in [1.29, 1.82) is 0 Å². The second-order valence-corrected chi connectivity index (χ2v) is 7.43. The smallest absolute Gasteiger partial charge is 0.268 e. The first-order valence-electron chi connectivity index (χ1n) is 10.1. The quantitative estimate of drug-likeness (QED) is 0.590. The number of anilines is 1. The number of amides is 2. The Kier molecular flexibility index (Phi) is 5.89. The molecule has 2 aromatic carbocycles. The Morgan fingerprint density at radius 3 is 2.62 bits per heavy atom. The van der Waals surface area contributed by atoms with Gasteiger partial charge in [-0.3, -0.25) is 14.6 Å². The van der Waals surface area contributed by atoms with Gasteiger partial charge in [-0.2, -0.15) is 5.10 Å². The zero-order valence-electron chi connectivity index (χ0n) is 17.8. The molecule has 0 saturated heterocycles. The molecule has 0 saturated carbocycles. The molecule has 9 heteroatoms. The zero-order valence-corrected chi connectivity index (χ0v) is 17.8. The third-order valence-electron chi connectivity index (χ3n) is 5.34. The molecule has 0 bridgehead atoms. The summed E-state index contributed by atoms with van der Waals surface area (Å²) in [6, 6.07) is 15.3. The van der Waals surface area contributed by atoms with Crippen molar-refractivity contribution in [1.82, 2.24) is 14.9 Å². The molecule has 0 spiro atoms. The van der Waals surface area contributed by atoms with Crippen molar-refractivity contribution in [3.63, 3.8) is 0 Å². The van der Waals surface area contributed by atoms with Crippen LogP contribution in [-0.4, -0.2) is 40.2 Å². The molecule has 4 rings (SSSR count). The van der Waals surface area contributed by atoms with Gasteiger partial charge in [-0.15, -0.1) is 0 Å². The van der Waals surface area contributed by atoms with Crippen molar-refractivity contribution in [3.8, 4) is 5.75 Å². The number of hydrogen-bond donors (Lipinski definition) is 2. The number of aromatic nitrogens is 2. The molecule has 0 fully saturated rings. The van der Waals surface area contributed by atoms with Crippen LogP contribution >= 0.6 is 0 Å². The van der Waals surface area contributed by atoms with Crippen LogP contribution in [0.4, 0.5) is 5.69 Å². The largest absolute Gasteiger partial charge is 0.497 e. The van der Waals surface area contributed by atoms with Gasteiger partial charge in [0.1, 0.15) is 29.4 Å². The molecule has 164 valence electrons. The van der Waals surface area contributed by atoms with Crippen LogP contribution in [0.1, 0.15) is 23.9 Å². The fourth-order valence-electron chi connectivity index (χ4n) is 3.68. The lowest BCUT2D eigenvalue weighted by atomic mass is 10.0. The maximum Gasteiger partial charge on any atom is 0.268 e. The van der Waals surface area contributed by atoms with Crippen LogP contribution in [-0.2, 0) is 16.6 Å². The van der Waals surface area contributed by atoms with Crippen molar-refractivity contribution in [2.45, 2.75) is 18.5 Å². The average Bonchev–Trinajstić information content (AvgIpc) is 3.45. The van der Waals surface area contributed by atoms with Gasteiger partial charge in [0.05, 0.1) is 12.8 Å². The maximum absolute atomic E-state index is 13.2. The van der Waals surface area contributed by atoms with E-state index in [1.54, 1.807) is 13.3 Å². The van der Waals surface area contributed by atoms with E-state index in [9.17, 15) is 9.59 Å². The number of benzene rings is 2. The van der Waals surface area contributed by atoms with Gasteiger partial charge in [-0.1, -0.05) is 30.3 Å². The summed E-state index contributed by atoms with van der Waals surface area (Å²) < 4.78 is 7.18. The van der Waals surface area contributed by atoms with Crippen molar-refractivity contribution in [2.24, 2.45) is 17.9 Å². The molecule has 2 atom stereocenters. The number of imidazole rings is 1. The molecule has 1 aromatic heterocycles. The molecule has 1 aliphatic heterocycles. The molecule has 32 heavy (non-hydrogen) atoms. The number of ether oxygens (including phenoxy) is 1. The van der Waals surface area contributed by atoms with Gasteiger partial charge >= 0.3 is 0 Å². The Bertz CT molecular complexity index is 1160. The lowest BCUT2D eigenvalue weighted by molar-refractivity contribution is -0.119. The first-order chi connectivity index (χ1) is 15.5. The number of primary amides is 1. The first-order valence-corrected chi connectivity index (χ1v) is 10.1. The van der Waals surface area contributed by atoms with Crippen LogP contribution in [0.5, 0.6) is 5.75 Å². The molecule has 3 N–H and O–H groups in total. The second kappa shape index (κ2) is 8.93. The van der Waals surface area contributed by atoms with Crippen LogP contribution in [0, 0.1) is 0 Å². The lowest BCUT2D eigenvalue weighted by Crippen LogP contribution is -2.40. The average molecular weight is 432 g/mol. The topological polar surface area (TPSA) is 115 Å². The molecule has 0 aliphatic carbocycles. The molecule has 0 unspecified atom stereocenters. The van der Waals surface area contributed by atoms with E-state index < -0.39 is 23.9 Å². The highest BCUT2D eigenvalue weighted by molar-refractivity contribution is 6.40. The monoisotopic (exact) mass is 432 g/mol. The number of rotatable bonds is 7. The second-order valence-electron chi connectivity index (χ2n) is 7.43. The lowest BCUT2D eigenvalue weighted by Gasteiger charge is -2.20. The minimum atomic E-state index is -0.735.